The number of furan rings is 1. The van der Waals surface area contributed by atoms with Crippen molar-refractivity contribution >= 4 is 17.7 Å². The van der Waals surface area contributed by atoms with E-state index in [0.29, 0.717) is 11.4 Å². The van der Waals surface area contributed by atoms with Crippen molar-refractivity contribution in [2.45, 2.75) is 13.8 Å². The molecule has 0 bridgehead atoms. The number of nitrogens with zero attached hydrogens (tertiary/aromatic N) is 4. The topological polar surface area (TPSA) is 115 Å². The summed E-state index contributed by atoms with van der Waals surface area (Å²) in [6, 6.07) is 9.49. The second-order valence-corrected chi connectivity index (χ2v) is 5.93. The summed E-state index contributed by atoms with van der Waals surface area (Å²) in [6.45, 7) is 3.41. The van der Waals surface area contributed by atoms with Crippen LogP contribution in [0.3, 0.4) is 0 Å². The van der Waals surface area contributed by atoms with Crippen molar-refractivity contribution in [3.8, 4) is 17.4 Å². The summed E-state index contributed by atoms with van der Waals surface area (Å²) >= 11 is 0. The number of halogens is 1. The molecule has 2 heterocycles. The standard InChI is InChI=1S/C19H13FN4O4/c1-11-7-12(2)23(22-11)19(25)13(10-21)8-15-4-6-18(28-15)16-5-3-14(20)9-17(16)24(26)27/h3-9H,1-2H3/b13-8+. The lowest BCUT2D eigenvalue weighted by Crippen LogP contribution is -2.15. The van der Waals surface area contributed by atoms with Crippen molar-refractivity contribution in [1.29, 1.82) is 5.26 Å². The zero-order chi connectivity index (χ0) is 20.4. The zero-order valence-corrected chi connectivity index (χ0v) is 14.8. The number of hydrogen-bond acceptors (Lipinski definition) is 6. The highest BCUT2D eigenvalue weighted by molar-refractivity contribution is 6.02. The van der Waals surface area contributed by atoms with Gasteiger partial charge in [-0.15, -0.1) is 0 Å². The minimum absolute atomic E-state index is 0.0782. The Kier molecular flexibility index (Phi) is 4.87. The van der Waals surface area contributed by atoms with Crippen LogP contribution in [0.15, 0.2) is 46.4 Å². The maximum absolute atomic E-state index is 13.3. The van der Waals surface area contributed by atoms with Gasteiger partial charge in [0.25, 0.3) is 11.6 Å². The number of allylic oxidation sites excluding steroid dienone is 1. The van der Waals surface area contributed by atoms with Crippen LogP contribution in [0.4, 0.5) is 10.1 Å². The smallest absolute Gasteiger partial charge is 0.289 e. The molecule has 28 heavy (non-hydrogen) atoms. The number of aromatic nitrogens is 2. The van der Waals surface area contributed by atoms with E-state index in [-0.39, 0.29) is 22.7 Å². The fraction of sp³-hybridized carbons (Fsp3) is 0.105. The molecule has 0 aliphatic carbocycles. The molecule has 3 aromatic rings. The Hall–Kier alpha value is -4.06. The van der Waals surface area contributed by atoms with Crippen molar-refractivity contribution < 1.29 is 18.5 Å². The number of benzene rings is 1. The fourth-order valence-electron chi connectivity index (χ4n) is 2.67. The minimum atomic E-state index is -0.746. The van der Waals surface area contributed by atoms with E-state index in [1.807, 2.05) is 0 Å². The van der Waals surface area contributed by atoms with E-state index >= 15 is 0 Å². The summed E-state index contributed by atoms with van der Waals surface area (Å²) in [7, 11) is 0. The van der Waals surface area contributed by atoms with Crippen LogP contribution in [0.1, 0.15) is 21.9 Å². The first-order valence-corrected chi connectivity index (χ1v) is 8.04. The van der Waals surface area contributed by atoms with Gasteiger partial charge in [-0.3, -0.25) is 14.9 Å². The van der Waals surface area contributed by atoms with Gasteiger partial charge in [0.15, 0.2) is 0 Å². The lowest BCUT2D eigenvalue weighted by molar-refractivity contribution is -0.384. The molecule has 1 aromatic carbocycles. The summed E-state index contributed by atoms with van der Waals surface area (Å²) in [5, 5.41) is 24.5. The molecule has 0 radical (unpaired) electrons. The van der Waals surface area contributed by atoms with Crippen LogP contribution >= 0.6 is 0 Å². The fourth-order valence-corrected chi connectivity index (χ4v) is 2.67. The molecule has 0 unspecified atom stereocenters. The molecule has 0 fully saturated rings. The molecule has 0 amide bonds. The van der Waals surface area contributed by atoms with Crippen molar-refractivity contribution in [3.05, 3.63) is 75.1 Å². The number of nitro groups is 1. The summed E-state index contributed by atoms with van der Waals surface area (Å²) < 4.78 is 19.9. The van der Waals surface area contributed by atoms with Gasteiger partial charge in [-0.05, 0) is 44.2 Å². The second kappa shape index (κ2) is 7.28. The van der Waals surface area contributed by atoms with Gasteiger partial charge in [0, 0.05) is 11.8 Å². The molecule has 0 saturated heterocycles. The van der Waals surface area contributed by atoms with Crippen molar-refractivity contribution in [2.24, 2.45) is 0 Å². The van der Waals surface area contributed by atoms with Crippen LogP contribution in [-0.2, 0) is 0 Å². The summed E-state index contributed by atoms with van der Waals surface area (Å²) in [6.07, 6.45) is 1.22. The molecule has 0 spiro atoms. The molecule has 140 valence electrons. The Morgan fingerprint density at radius 3 is 2.68 bits per heavy atom. The van der Waals surface area contributed by atoms with Gasteiger partial charge in [0.05, 0.1) is 22.2 Å². The van der Waals surface area contributed by atoms with Gasteiger partial charge in [-0.1, -0.05) is 0 Å². The van der Waals surface area contributed by atoms with Gasteiger partial charge < -0.3 is 4.42 Å². The van der Waals surface area contributed by atoms with E-state index < -0.39 is 22.3 Å². The molecule has 3 rings (SSSR count). The predicted octanol–water partition coefficient (Wildman–Crippen LogP) is 4.05. The average molecular weight is 380 g/mol. The lowest BCUT2D eigenvalue weighted by Gasteiger charge is -2.01. The molecule has 0 aliphatic rings. The Morgan fingerprint density at radius 2 is 2.07 bits per heavy atom. The first-order valence-electron chi connectivity index (χ1n) is 8.04. The maximum atomic E-state index is 13.3. The molecule has 8 nitrogen and oxygen atoms in total. The second-order valence-electron chi connectivity index (χ2n) is 5.93. The summed E-state index contributed by atoms with van der Waals surface area (Å²) in [5.74, 6) is -1.13. The maximum Gasteiger partial charge on any atom is 0.289 e. The zero-order valence-electron chi connectivity index (χ0n) is 14.8. The largest absolute Gasteiger partial charge is 0.456 e. The first-order chi connectivity index (χ1) is 13.3. The van der Waals surface area contributed by atoms with E-state index in [2.05, 4.69) is 5.10 Å². The first kappa shape index (κ1) is 18.7. The molecular formula is C19H13FN4O4. The number of aryl methyl sites for hydroxylation is 2. The monoisotopic (exact) mass is 380 g/mol. The third-order valence-corrected chi connectivity index (χ3v) is 3.89. The van der Waals surface area contributed by atoms with Crippen LogP contribution < -0.4 is 0 Å². The quantitative estimate of drug-likeness (QED) is 0.292. The summed E-state index contributed by atoms with van der Waals surface area (Å²) in [5.41, 5.74) is 0.608. The van der Waals surface area contributed by atoms with Crippen molar-refractivity contribution in [2.75, 3.05) is 0 Å². The third-order valence-electron chi connectivity index (χ3n) is 3.89. The van der Waals surface area contributed by atoms with Crippen LogP contribution in [0.5, 0.6) is 0 Å². The van der Waals surface area contributed by atoms with Crippen molar-refractivity contribution in [1.82, 2.24) is 9.78 Å². The van der Waals surface area contributed by atoms with E-state index in [1.165, 1.54) is 24.3 Å². The SMILES string of the molecule is Cc1cc(C)n(C(=O)/C(C#N)=C/c2ccc(-c3ccc(F)cc3[N+](=O)[O-])o2)n1. The molecule has 0 atom stereocenters. The molecule has 0 N–H and O–H groups in total. The molecular weight excluding hydrogens is 367 g/mol. The predicted molar refractivity (Wildman–Crippen MR) is 96.7 cm³/mol. The van der Waals surface area contributed by atoms with Gasteiger partial charge in [0.1, 0.15) is 29.0 Å². The minimum Gasteiger partial charge on any atom is -0.456 e. The van der Waals surface area contributed by atoms with Crippen LogP contribution in [0.2, 0.25) is 0 Å². The van der Waals surface area contributed by atoms with Crippen LogP contribution in [0, 0.1) is 41.1 Å². The Labute approximate surface area is 158 Å². The number of carbonyl (C=O) groups is 1. The number of hydrogen-bond donors (Lipinski definition) is 0. The van der Waals surface area contributed by atoms with Gasteiger partial charge in [0.2, 0.25) is 0 Å². The highest BCUT2D eigenvalue weighted by Gasteiger charge is 2.20. The highest BCUT2D eigenvalue weighted by Crippen LogP contribution is 2.32. The molecule has 0 aliphatic heterocycles. The summed E-state index contributed by atoms with van der Waals surface area (Å²) in [4.78, 5) is 22.9. The van der Waals surface area contributed by atoms with Crippen LogP contribution in [-0.4, -0.2) is 20.6 Å². The van der Waals surface area contributed by atoms with E-state index in [0.717, 1.165) is 16.8 Å². The number of rotatable bonds is 4. The third kappa shape index (κ3) is 3.57. The number of carbonyl (C=O) groups excluding carboxylic acids is 1. The van der Waals surface area contributed by atoms with Crippen molar-refractivity contribution in [3.63, 3.8) is 0 Å². The normalized spacial score (nSPS) is 11.3. The van der Waals surface area contributed by atoms with E-state index in [4.69, 9.17) is 4.42 Å². The number of nitriles is 1. The van der Waals surface area contributed by atoms with Crippen LogP contribution in [0.25, 0.3) is 17.4 Å². The molecule has 0 saturated carbocycles. The lowest BCUT2D eigenvalue weighted by atomic mass is 10.1. The average Bonchev–Trinajstić information content (AvgIpc) is 3.24. The van der Waals surface area contributed by atoms with Gasteiger partial charge in [-0.2, -0.15) is 10.4 Å². The van der Waals surface area contributed by atoms with E-state index in [9.17, 15) is 24.6 Å². The molecule has 2 aromatic heterocycles. The van der Waals surface area contributed by atoms with Gasteiger partial charge in [-0.25, -0.2) is 9.07 Å². The van der Waals surface area contributed by atoms with Gasteiger partial charge >= 0.3 is 0 Å². The Morgan fingerprint density at radius 1 is 1.32 bits per heavy atom. The molecule has 9 heteroatoms. The Bertz CT molecular complexity index is 1170. The highest BCUT2D eigenvalue weighted by atomic mass is 19.1. The van der Waals surface area contributed by atoms with E-state index in [1.54, 1.807) is 26.0 Å². The Balaban J connectivity index is 1.98. The number of nitro benzene ring substituents is 1.